The first-order chi connectivity index (χ1) is 9.16. The van der Waals surface area contributed by atoms with Crippen LogP contribution < -0.4 is 5.32 Å². The molecule has 4 nitrogen and oxygen atoms in total. The molecule has 0 atom stereocenters. The van der Waals surface area contributed by atoms with Crippen molar-refractivity contribution in [1.82, 2.24) is 4.98 Å². The minimum absolute atomic E-state index is 0.0604. The van der Waals surface area contributed by atoms with Crippen LogP contribution in [0.25, 0.3) is 0 Å². The number of nitrogens with zero attached hydrogens (tertiary/aromatic N) is 1. The van der Waals surface area contributed by atoms with Gasteiger partial charge in [0, 0.05) is 18.9 Å². The summed E-state index contributed by atoms with van der Waals surface area (Å²) >= 11 is 0. The van der Waals surface area contributed by atoms with Gasteiger partial charge in [-0.05, 0) is 36.2 Å². The molecule has 0 spiro atoms. The van der Waals surface area contributed by atoms with E-state index >= 15 is 0 Å². The van der Waals surface area contributed by atoms with Crippen molar-refractivity contribution in [3.8, 4) is 0 Å². The highest BCUT2D eigenvalue weighted by atomic mass is 19.1. The highest BCUT2D eigenvalue weighted by Gasteiger charge is 2.07. The van der Waals surface area contributed by atoms with Gasteiger partial charge in [0.15, 0.2) is 0 Å². The van der Waals surface area contributed by atoms with Crippen LogP contribution in [0.15, 0.2) is 42.7 Å². The van der Waals surface area contributed by atoms with Crippen LogP contribution >= 0.6 is 0 Å². The average molecular weight is 260 g/mol. The van der Waals surface area contributed by atoms with Gasteiger partial charge >= 0.3 is 5.97 Å². The predicted octanol–water partition coefficient (Wildman–Crippen LogP) is 2.57. The van der Waals surface area contributed by atoms with E-state index in [1.54, 1.807) is 12.4 Å². The number of aromatic carboxylic acids is 1. The van der Waals surface area contributed by atoms with E-state index in [1.165, 1.54) is 12.1 Å². The van der Waals surface area contributed by atoms with Gasteiger partial charge in [0.2, 0.25) is 0 Å². The molecular formula is C14H13FN2O2. The average Bonchev–Trinajstić information content (AvgIpc) is 2.42. The number of hydrogen-bond donors (Lipinski definition) is 2. The van der Waals surface area contributed by atoms with Crippen LogP contribution in [0.4, 0.5) is 10.1 Å². The molecule has 0 aliphatic rings. The van der Waals surface area contributed by atoms with Gasteiger partial charge in [0.05, 0.1) is 11.3 Å². The molecule has 98 valence electrons. The Kier molecular flexibility index (Phi) is 4.07. The number of anilines is 1. The molecule has 0 aliphatic heterocycles. The molecule has 0 aliphatic carbocycles. The normalized spacial score (nSPS) is 10.2. The summed E-state index contributed by atoms with van der Waals surface area (Å²) in [6.07, 6.45) is 4.11. The maximum Gasteiger partial charge on any atom is 0.335 e. The smallest absolute Gasteiger partial charge is 0.335 e. The molecule has 19 heavy (non-hydrogen) atoms. The maximum absolute atomic E-state index is 13.5. The van der Waals surface area contributed by atoms with Gasteiger partial charge in [-0.15, -0.1) is 0 Å². The minimum atomic E-state index is -1.07. The first-order valence-corrected chi connectivity index (χ1v) is 5.82. The fraction of sp³-hybridized carbons (Fsp3) is 0.143. The second kappa shape index (κ2) is 5.95. The van der Waals surface area contributed by atoms with Crippen molar-refractivity contribution in [2.75, 3.05) is 11.9 Å². The first-order valence-electron chi connectivity index (χ1n) is 5.82. The van der Waals surface area contributed by atoms with Crippen molar-refractivity contribution in [1.29, 1.82) is 0 Å². The van der Waals surface area contributed by atoms with Gasteiger partial charge in [-0.1, -0.05) is 6.07 Å². The Hall–Kier alpha value is -2.43. The largest absolute Gasteiger partial charge is 0.478 e. The zero-order valence-electron chi connectivity index (χ0n) is 10.1. The molecule has 1 aromatic heterocycles. The molecule has 0 bridgehead atoms. The molecule has 0 fully saturated rings. The molecule has 0 radical (unpaired) electrons. The maximum atomic E-state index is 13.5. The topological polar surface area (TPSA) is 62.2 Å². The van der Waals surface area contributed by atoms with E-state index in [0.717, 1.165) is 11.6 Å². The summed E-state index contributed by atoms with van der Waals surface area (Å²) in [5.74, 6) is -1.54. The summed E-state index contributed by atoms with van der Waals surface area (Å²) in [6.45, 7) is 0.506. The zero-order chi connectivity index (χ0) is 13.7. The predicted molar refractivity (Wildman–Crippen MR) is 69.8 cm³/mol. The molecule has 2 aromatic rings. The van der Waals surface area contributed by atoms with Crippen molar-refractivity contribution in [2.45, 2.75) is 6.42 Å². The summed E-state index contributed by atoms with van der Waals surface area (Å²) in [6, 6.07) is 7.44. The van der Waals surface area contributed by atoms with Gasteiger partial charge in [-0.25, -0.2) is 9.18 Å². The van der Waals surface area contributed by atoms with E-state index in [-0.39, 0.29) is 11.3 Å². The monoisotopic (exact) mass is 260 g/mol. The van der Waals surface area contributed by atoms with E-state index in [2.05, 4.69) is 10.3 Å². The fourth-order valence-corrected chi connectivity index (χ4v) is 1.68. The standard InChI is InChI=1S/C14H13FN2O2/c15-12-4-3-11(14(18)19)8-13(12)17-7-5-10-2-1-6-16-9-10/h1-4,6,8-9,17H,5,7H2,(H,18,19). The zero-order valence-corrected chi connectivity index (χ0v) is 10.1. The van der Waals surface area contributed by atoms with Gasteiger partial charge in [0.1, 0.15) is 5.82 Å². The number of halogens is 1. The molecule has 0 amide bonds. The summed E-state index contributed by atoms with van der Waals surface area (Å²) < 4.78 is 13.5. The molecule has 0 unspecified atom stereocenters. The van der Waals surface area contributed by atoms with Crippen molar-refractivity contribution < 1.29 is 14.3 Å². The fourth-order valence-electron chi connectivity index (χ4n) is 1.68. The Morgan fingerprint density at radius 2 is 2.21 bits per heavy atom. The molecule has 0 saturated heterocycles. The lowest BCUT2D eigenvalue weighted by Crippen LogP contribution is -2.08. The quantitative estimate of drug-likeness (QED) is 0.867. The third-order valence-electron chi connectivity index (χ3n) is 2.67. The molecule has 1 aromatic carbocycles. The summed E-state index contributed by atoms with van der Waals surface area (Å²) in [7, 11) is 0. The van der Waals surface area contributed by atoms with Gasteiger partial charge < -0.3 is 10.4 Å². The number of nitrogens with one attached hydrogen (secondary N) is 1. The number of carboxylic acids is 1. The number of hydrogen-bond acceptors (Lipinski definition) is 3. The van der Waals surface area contributed by atoms with Crippen molar-refractivity contribution in [3.05, 3.63) is 59.7 Å². The number of carboxylic acid groups (broad SMARTS) is 1. The molecule has 0 saturated carbocycles. The Morgan fingerprint density at radius 1 is 1.37 bits per heavy atom. The second-order valence-corrected chi connectivity index (χ2v) is 4.04. The third-order valence-corrected chi connectivity index (χ3v) is 2.67. The number of carbonyl (C=O) groups is 1. The van der Waals surface area contributed by atoms with Crippen LogP contribution in [0.2, 0.25) is 0 Å². The molecule has 2 N–H and O–H groups in total. The highest BCUT2D eigenvalue weighted by Crippen LogP contribution is 2.16. The Morgan fingerprint density at radius 3 is 2.89 bits per heavy atom. The van der Waals surface area contributed by atoms with E-state index in [9.17, 15) is 9.18 Å². The Labute approximate surface area is 109 Å². The number of aromatic nitrogens is 1. The second-order valence-electron chi connectivity index (χ2n) is 4.04. The summed E-state index contributed by atoms with van der Waals surface area (Å²) in [4.78, 5) is 14.8. The Balaban J connectivity index is 1.99. The van der Waals surface area contributed by atoms with Crippen LogP contribution in [0.1, 0.15) is 15.9 Å². The van der Waals surface area contributed by atoms with Crippen molar-refractivity contribution in [3.63, 3.8) is 0 Å². The van der Waals surface area contributed by atoms with Crippen molar-refractivity contribution >= 4 is 11.7 Å². The van der Waals surface area contributed by atoms with Gasteiger partial charge in [-0.2, -0.15) is 0 Å². The number of benzene rings is 1. The SMILES string of the molecule is O=C(O)c1ccc(F)c(NCCc2cccnc2)c1. The van der Waals surface area contributed by atoms with Crippen LogP contribution in [0, 0.1) is 5.82 Å². The lowest BCUT2D eigenvalue weighted by atomic mass is 10.1. The third kappa shape index (κ3) is 3.51. The molecule has 5 heteroatoms. The van der Waals surface area contributed by atoms with Crippen LogP contribution in [0.3, 0.4) is 0 Å². The lowest BCUT2D eigenvalue weighted by molar-refractivity contribution is 0.0697. The molecule has 2 rings (SSSR count). The van der Waals surface area contributed by atoms with E-state index < -0.39 is 11.8 Å². The van der Waals surface area contributed by atoms with Crippen LogP contribution in [-0.2, 0) is 6.42 Å². The van der Waals surface area contributed by atoms with Gasteiger partial charge in [-0.3, -0.25) is 4.98 Å². The van der Waals surface area contributed by atoms with Crippen LogP contribution in [0.5, 0.6) is 0 Å². The van der Waals surface area contributed by atoms with Gasteiger partial charge in [0.25, 0.3) is 0 Å². The number of rotatable bonds is 5. The van der Waals surface area contributed by atoms with E-state index in [4.69, 9.17) is 5.11 Å². The highest BCUT2D eigenvalue weighted by molar-refractivity contribution is 5.88. The summed E-state index contributed by atoms with van der Waals surface area (Å²) in [5.41, 5.74) is 1.29. The van der Waals surface area contributed by atoms with E-state index in [0.29, 0.717) is 13.0 Å². The van der Waals surface area contributed by atoms with Crippen molar-refractivity contribution in [2.24, 2.45) is 0 Å². The number of pyridine rings is 1. The molecule has 1 heterocycles. The Bertz CT molecular complexity index is 573. The first kappa shape index (κ1) is 13.0. The molecular weight excluding hydrogens is 247 g/mol. The van der Waals surface area contributed by atoms with Crippen LogP contribution in [-0.4, -0.2) is 22.6 Å². The minimum Gasteiger partial charge on any atom is -0.478 e. The lowest BCUT2D eigenvalue weighted by Gasteiger charge is -2.08. The van der Waals surface area contributed by atoms with E-state index in [1.807, 2.05) is 12.1 Å². The summed E-state index contributed by atoms with van der Waals surface area (Å²) in [5, 5.41) is 11.7.